The molecule has 6 heteroatoms. The van der Waals surface area contributed by atoms with Crippen LogP contribution in [0.3, 0.4) is 0 Å². The largest absolute Gasteiger partial charge is 0.294 e. The number of carbonyl (C=O) groups is 1. The van der Waals surface area contributed by atoms with Crippen LogP contribution >= 0.6 is 0 Å². The summed E-state index contributed by atoms with van der Waals surface area (Å²) in [5, 5.41) is 10.4. The first-order valence-corrected chi connectivity index (χ1v) is 3.83. The minimum atomic E-state index is -1.01. The zero-order valence-corrected chi connectivity index (χ0v) is 7.65. The summed E-state index contributed by atoms with van der Waals surface area (Å²) in [5.74, 6) is -1.66. The topological polar surface area (TPSA) is 64.6 Å². The van der Waals surface area contributed by atoms with E-state index in [1.807, 2.05) is 0 Å². The number of ketones is 1. The van der Waals surface area contributed by atoms with Crippen LogP contribution in [0.15, 0.2) is 12.1 Å². The number of hydrogen-bond acceptors (Lipinski definition) is 3. The first-order valence-electron chi connectivity index (χ1n) is 3.83. The molecule has 76 valence electrons. The number of hydrogen-bond donors (Lipinski definition) is 0. The smallest absolute Gasteiger partial charge is 0.260 e. The Balaban J connectivity index is 3.54. The van der Waals surface area contributed by atoms with Crippen LogP contribution in [0, 0.1) is 22.5 Å². The van der Waals surface area contributed by atoms with Gasteiger partial charge in [0, 0.05) is 17.7 Å². The molecular formula is C9H5FN2O3. The van der Waals surface area contributed by atoms with E-state index in [0.717, 1.165) is 19.1 Å². The van der Waals surface area contributed by atoms with Gasteiger partial charge in [-0.2, -0.15) is 0 Å². The number of nitro benzene ring substituents is 1. The van der Waals surface area contributed by atoms with E-state index < -0.39 is 33.5 Å². The molecule has 1 aromatic carbocycles. The SMILES string of the molecule is [C-]#[N+]c1cc([N+](=O)[O-])cc(C(C)=O)c1F. The minimum Gasteiger partial charge on any atom is -0.294 e. The zero-order valence-electron chi connectivity index (χ0n) is 7.65. The second-order valence-corrected chi connectivity index (χ2v) is 2.75. The molecular weight excluding hydrogens is 203 g/mol. The molecule has 0 aromatic heterocycles. The van der Waals surface area contributed by atoms with E-state index in [2.05, 4.69) is 4.85 Å². The van der Waals surface area contributed by atoms with Gasteiger partial charge in [0.1, 0.15) is 5.82 Å². The van der Waals surface area contributed by atoms with E-state index in [1.54, 1.807) is 0 Å². The molecule has 5 nitrogen and oxygen atoms in total. The monoisotopic (exact) mass is 208 g/mol. The van der Waals surface area contributed by atoms with Crippen molar-refractivity contribution in [3.8, 4) is 0 Å². The number of carbonyl (C=O) groups excluding carboxylic acids is 1. The maximum Gasteiger partial charge on any atom is 0.260 e. The second-order valence-electron chi connectivity index (χ2n) is 2.75. The van der Waals surface area contributed by atoms with Crippen LogP contribution in [-0.4, -0.2) is 10.7 Å². The molecule has 1 rings (SSSR count). The Morgan fingerprint density at radius 3 is 2.60 bits per heavy atom. The highest BCUT2D eigenvalue weighted by Gasteiger charge is 2.18. The van der Waals surface area contributed by atoms with Crippen LogP contribution in [0.4, 0.5) is 15.8 Å². The van der Waals surface area contributed by atoms with Gasteiger partial charge in [0.25, 0.3) is 5.69 Å². The Morgan fingerprint density at radius 1 is 1.60 bits per heavy atom. The van der Waals surface area contributed by atoms with Gasteiger partial charge in [0.15, 0.2) is 5.78 Å². The number of nitro groups is 1. The Bertz CT molecular complexity index is 491. The van der Waals surface area contributed by atoms with E-state index in [4.69, 9.17) is 6.57 Å². The van der Waals surface area contributed by atoms with Gasteiger partial charge < -0.3 is 0 Å². The quantitative estimate of drug-likeness (QED) is 0.324. The lowest BCUT2D eigenvalue weighted by atomic mass is 10.1. The molecule has 15 heavy (non-hydrogen) atoms. The van der Waals surface area contributed by atoms with Crippen LogP contribution in [0.5, 0.6) is 0 Å². The van der Waals surface area contributed by atoms with Gasteiger partial charge in [-0.15, -0.1) is 0 Å². The molecule has 0 bridgehead atoms. The number of rotatable bonds is 2. The third-order valence-electron chi connectivity index (χ3n) is 1.75. The summed E-state index contributed by atoms with van der Waals surface area (Å²) in [6.07, 6.45) is 0. The second kappa shape index (κ2) is 3.84. The molecule has 0 aliphatic carbocycles. The molecule has 0 N–H and O–H groups in total. The van der Waals surface area contributed by atoms with Crippen molar-refractivity contribution in [3.63, 3.8) is 0 Å². The lowest BCUT2D eigenvalue weighted by Crippen LogP contribution is -1.99. The fourth-order valence-electron chi connectivity index (χ4n) is 1.04. The molecule has 0 aliphatic heterocycles. The van der Waals surface area contributed by atoms with Gasteiger partial charge in [-0.1, -0.05) is 0 Å². The van der Waals surface area contributed by atoms with Crippen LogP contribution < -0.4 is 0 Å². The molecule has 0 saturated heterocycles. The van der Waals surface area contributed by atoms with Gasteiger partial charge >= 0.3 is 0 Å². The zero-order chi connectivity index (χ0) is 11.6. The lowest BCUT2D eigenvalue weighted by molar-refractivity contribution is -0.384. The summed E-state index contributed by atoms with van der Waals surface area (Å²) in [5.41, 5.74) is -1.42. The maximum absolute atomic E-state index is 13.3. The predicted octanol–water partition coefficient (Wildman–Crippen LogP) is 2.49. The van der Waals surface area contributed by atoms with Crippen LogP contribution in [0.1, 0.15) is 17.3 Å². The van der Waals surface area contributed by atoms with E-state index in [0.29, 0.717) is 0 Å². The molecule has 0 aliphatic rings. The van der Waals surface area contributed by atoms with E-state index in [1.165, 1.54) is 0 Å². The Kier molecular flexibility index (Phi) is 2.76. The molecule has 0 fully saturated rings. The first kappa shape index (κ1) is 10.8. The highest BCUT2D eigenvalue weighted by Crippen LogP contribution is 2.27. The number of nitrogens with zero attached hydrogens (tertiary/aromatic N) is 2. The van der Waals surface area contributed by atoms with Crippen molar-refractivity contribution in [2.24, 2.45) is 0 Å². The highest BCUT2D eigenvalue weighted by molar-refractivity contribution is 5.96. The molecule has 1 aromatic rings. The van der Waals surface area contributed by atoms with Gasteiger partial charge in [-0.25, -0.2) is 9.24 Å². The van der Waals surface area contributed by atoms with E-state index in [-0.39, 0.29) is 0 Å². The summed E-state index contributed by atoms with van der Waals surface area (Å²) in [4.78, 5) is 23.4. The molecule has 0 heterocycles. The minimum absolute atomic E-state index is 0.435. The molecule has 0 unspecified atom stereocenters. The lowest BCUT2D eigenvalue weighted by Gasteiger charge is -2.00. The van der Waals surface area contributed by atoms with Crippen LogP contribution in [0.2, 0.25) is 0 Å². The van der Waals surface area contributed by atoms with Crippen molar-refractivity contribution in [2.45, 2.75) is 6.92 Å². The summed E-state index contributed by atoms with van der Waals surface area (Å²) < 4.78 is 13.3. The summed E-state index contributed by atoms with van der Waals surface area (Å²) in [7, 11) is 0. The normalized spacial score (nSPS) is 9.40. The first-order chi connectivity index (χ1) is 6.97. The van der Waals surface area contributed by atoms with Crippen molar-refractivity contribution >= 4 is 17.2 Å². The van der Waals surface area contributed by atoms with Gasteiger partial charge in [0.2, 0.25) is 5.69 Å². The van der Waals surface area contributed by atoms with Gasteiger partial charge in [-0.05, 0) is 6.92 Å². The number of halogens is 1. The molecule has 0 atom stereocenters. The van der Waals surface area contributed by atoms with Crippen molar-refractivity contribution in [2.75, 3.05) is 0 Å². The number of Topliss-reactive ketones (excluding diaryl/α,β-unsaturated/α-hetero) is 1. The maximum atomic E-state index is 13.3. The molecule has 0 saturated carbocycles. The van der Waals surface area contributed by atoms with E-state index in [9.17, 15) is 19.3 Å². The van der Waals surface area contributed by atoms with Gasteiger partial charge in [-0.3, -0.25) is 14.9 Å². The average molecular weight is 208 g/mol. The number of benzene rings is 1. The summed E-state index contributed by atoms with van der Waals surface area (Å²) in [6.45, 7) is 7.69. The average Bonchev–Trinajstić information content (AvgIpc) is 2.17. The number of non-ortho nitro benzene ring substituents is 1. The highest BCUT2D eigenvalue weighted by atomic mass is 19.1. The van der Waals surface area contributed by atoms with E-state index >= 15 is 0 Å². The fraction of sp³-hybridized carbons (Fsp3) is 0.111. The summed E-state index contributed by atoms with van der Waals surface area (Å²) >= 11 is 0. The predicted molar refractivity (Wildman–Crippen MR) is 49.3 cm³/mol. The van der Waals surface area contributed by atoms with Crippen LogP contribution in [-0.2, 0) is 0 Å². The standard InChI is InChI=1S/C9H5FN2O3/c1-5(13)7-3-6(12(14)15)4-8(11-2)9(7)10/h3-4H,1H3. The Hall–Kier alpha value is -2.29. The molecule has 0 amide bonds. The van der Waals surface area contributed by atoms with Crippen molar-refractivity contribution in [1.82, 2.24) is 0 Å². The van der Waals surface area contributed by atoms with Crippen molar-refractivity contribution < 1.29 is 14.1 Å². The summed E-state index contributed by atoms with van der Waals surface area (Å²) in [6, 6.07) is 1.63. The third kappa shape index (κ3) is 1.96. The van der Waals surface area contributed by atoms with Crippen LogP contribution in [0.25, 0.3) is 4.85 Å². The fourth-order valence-corrected chi connectivity index (χ4v) is 1.04. The Morgan fingerprint density at radius 2 is 2.20 bits per heavy atom. The van der Waals surface area contributed by atoms with Crippen molar-refractivity contribution in [3.05, 3.63) is 45.0 Å². The Labute approximate surface area is 84.1 Å². The molecule has 0 radical (unpaired) electrons. The third-order valence-corrected chi connectivity index (χ3v) is 1.75. The van der Waals surface area contributed by atoms with Crippen molar-refractivity contribution in [1.29, 1.82) is 0 Å². The van der Waals surface area contributed by atoms with Gasteiger partial charge in [0.05, 0.1) is 11.5 Å². The molecule has 0 spiro atoms.